The van der Waals surface area contributed by atoms with Crippen molar-refractivity contribution in [3.05, 3.63) is 42.4 Å². The molecule has 4 nitrogen and oxygen atoms in total. The van der Waals surface area contributed by atoms with Crippen molar-refractivity contribution in [3.63, 3.8) is 0 Å². The van der Waals surface area contributed by atoms with E-state index in [0.29, 0.717) is 0 Å². The first kappa shape index (κ1) is 12.0. The summed E-state index contributed by atoms with van der Waals surface area (Å²) in [5.74, 6) is 0. The van der Waals surface area contributed by atoms with Gasteiger partial charge in [-0.2, -0.15) is 0 Å². The fraction of sp³-hybridized carbons (Fsp3) is 0.250. The van der Waals surface area contributed by atoms with Gasteiger partial charge in [-0.15, -0.1) is 0 Å². The summed E-state index contributed by atoms with van der Waals surface area (Å²) in [6, 6.07) is 5.82. The van der Waals surface area contributed by atoms with Crippen molar-refractivity contribution in [1.29, 1.82) is 0 Å². The molecular weight excluding hydrogens is 232 g/mol. The summed E-state index contributed by atoms with van der Waals surface area (Å²) in [4.78, 5) is 12.7. The molecule has 0 aliphatic rings. The molecule has 17 heavy (non-hydrogen) atoms. The molecule has 0 bridgehead atoms. The Labute approximate surface area is 105 Å². The first-order chi connectivity index (χ1) is 8.40. The van der Waals surface area contributed by atoms with Gasteiger partial charge in [-0.05, 0) is 36.0 Å². The zero-order valence-corrected chi connectivity index (χ0v) is 10.4. The second-order valence-electron chi connectivity index (χ2n) is 3.38. The quantitative estimate of drug-likeness (QED) is 0.819. The lowest BCUT2D eigenvalue weighted by Gasteiger charge is -2.07. The molecule has 1 N–H and O–H groups in total. The van der Waals surface area contributed by atoms with E-state index >= 15 is 0 Å². The maximum atomic E-state index is 4.37. The number of aromatic nitrogens is 3. The van der Waals surface area contributed by atoms with E-state index in [4.69, 9.17) is 0 Å². The van der Waals surface area contributed by atoms with E-state index in [1.54, 1.807) is 18.6 Å². The minimum atomic E-state index is 0.726. The summed E-state index contributed by atoms with van der Waals surface area (Å²) in [5.41, 5.74) is 1.17. The molecule has 0 amide bonds. The fourth-order valence-corrected chi connectivity index (χ4v) is 2.12. The molecule has 5 heteroatoms. The van der Waals surface area contributed by atoms with Crippen molar-refractivity contribution < 1.29 is 0 Å². The Hall–Kier alpha value is -1.46. The molecular formula is C12H14N4S. The van der Waals surface area contributed by atoms with Crippen LogP contribution >= 0.6 is 11.8 Å². The molecule has 2 heterocycles. The largest absolute Gasteiger partial charge is 0.313 e. The summed E-state index contributed by atoms with van der Waals surface area (Å²) in [7, 11) is 0. The molecule has 0 saturated carbocycles. The number of nitrogens with zero attached hydrogens (tertiary/aromatic N) is 3. The number of nitrogens with one attached hydrogen (secondary N) is 1. The molecule has 0 spiro atoms. The average molecular weight is 246 g/mol. The summed E-state index contributed by atoms with van der Waals surface area (Å²) < 4.78 is 0. The second kappa shape index (κ2) is 6.32. The van der Waals surface area contributed by atoms with Crippen LogP contribution in [-0.2, 0) is 6.54 Å². The maximum Gasteiger partial charge on any atom is 0.193 e. The van der Waals surface area contributed by atoms with Crippen LogP contribution in [0.15, 0.2) is 47.0 Å². The van der Waals surface area contributed by atoms with Crippen LogP contribution in [0.25, 0.3) is 0 Å². The number of hydrogen-bond acceptors (Lipinski definition) is 5. The van der Waals surface area contributed by atoms with E-state index in [2.05, 4.69) is 33.3 Å². The van der Waals surface area contributed by atoms with Crippen LogP contribution in [-0.4, -0.2) is 21.5 Å². The summed E-state index contributed by atoms with van der Waals surface area (Å²) in [6.45, 7) is 3.85. The lowest BCUT2D eigenvalue weighted by Crippen LogP contribution is -2.12. The summed E-state index contributed by atoms with van der Waals surface area (Å²) in [6.07, 6.45) is 5.27. The smallest absolute Gasteiger partial charge is 0.193 e. The van der Waals surface area contributed by atoms with Gasteiger partial charge in [-0.25, -0.2) is 15.0 Å². The normalized spacial score (nSPS) is 10.4. The highest BCUT2D eigenvalue weighted by molar-refractivity contribution is 7.99. The van der Waals surface area contributed by atoms with E-state index in [0.717, 1.165) is 23.3 Å². The third-order valence-corrected chi connectivity index (χ3v) is 3.10. The van der Waals surface area contributed by atoms with Gasteiger partial charge in [0.25, 0.3) is 0 Å². The van der Waals surface area contributed by atoms with Gasteiger partial charge < -0.3 is 5.32 Å². The van der Waals surface area contributed by atoms with Crippen molar-refractivity contribution in [2.75, 3.05) is 6.54 Å². The van der Waals surface area contributed by atoms with Crippen LogP contribution in [0.5, 0.6) is 0 Å². The van der Waals surface area contributed by atoms with Gasteiger partial charge in [0.2, 0.25) is 0 Å². The Kier molecular flexibility index (Phi) is 4.46. The minimum Gasteiger partial charge on any atom is -0.313 e. The lowest BCUT2D eigenvalue weighted by molar-refractivity contribution is 0.711. The second-order valence-corrected chi connectivity index (χ2v) is 4.34. The molecule has 88 valence electrons. The van der Waals surface area contributed by atoms with E-state index in [1.165, 1.54) is 17.3 Å². The van der Waals surface area contributed by atoms with Crippen LogP contribution in [0.4, 0.5) is 0 Å². The highest BCUT2D eigenvalue weighted by Crippen LogP contribution is 2.24. The molecule has 0 aliphatic carbocycles. The Morgan fingerprint density at radius 3 is 2.65 bits per heavy atom. The van der Waals surface area contributed by atoms with Gasteiger partial charge in [0.1, 0.15) is 5.03 Å². The average Bonchev–Trinajstić information content (AvgIpc) is 2.39. The lowest BCUT2D eigenvalue weighted by atomic mass is 10.3. The summed E-state index contributed by atoms with van der Waals surface area (Å²) in [5, 5.41) is 4.98. The van der Waals surface area contributed by atoms with E-state index in [-0.39, 0.29) is 0 Å². The Morgan fingerprint density at radius 2 is 1.88 bits per heavy atom. The molecule has 0 saturated heterocycles. The van der Waals surface area contributed by atoms with Gasteiger partial charge in [0.05, 0.1) is 0 Å². The van der Waals surface area contributed by atoms with Crippen molar-refractivity contribution in [2.24, 2.45) is 0 Å². The third-order valence-electron chi connectivity index (χ3n) is 2.15. The monoisotopic (exact) mass is 246 g/mol. The SMILES string of the molecule is CCNCc1cccnc1Sc1ncccn1. The zero-order valence-electron chi connectivity index (χ0n) is 9.63. The van der Waals surface area contributed by atoms with E-state index < -0.39 is 0 Å². The molecule has 0 atom stereocenters. The van der Waals surface area contributed by atoms with Crippen LogP contribution in [0, 0.1) is 0 Å². The van der Waals surface area contributed by atoms with Crippen molar-refractivity contribution in [3.8, 4) is 0 Å². The fourth-order valence-electron chi connectivity index (χ4n) is 1.33. The molecule has 0 unspecified atom stereocenters. The van der Waals surface area contributed by atoms with E-state index in [1.807, 2.05) is 12.1 Å². The minimum absolute atomic E-state index is 0.726. The standard InChI is InChI=1S/C12H14N4S/c1-2-13-9-10-5-3-6-14-11(10)17-12-15-7-4-8-16-12/h3-8,13H,2,9H2,1H3. The molecule has 0 fully saturated rings. The molecule has 2 aromatic heterocycles. The van der Waals surface area contributed by atoms with Gasteiger partial charge >= 0.3 is 0 Å². The zero-order chi connectivity index (χ0) is 11.9. The van der Waals surface area contributed by atoms with Gasteiger partial charge in [-0.3, -0.25) is 0 Å². The molecule has 2 aromatic rings. The number of hydrogen-bond donors (Lipinski definition) is 1. The van der Waals surface area contributed by atoms with Gasteiger partial charge in [-0.1, -0.05) is 13.0 Å². The topological polar surface area (TPSA) is 50.7 Å². The first-order valence-corrected chi connectivity index (χ1v) is 6.31. The predicted octanol–water partition coefficient (Wildman–Crippen LogP) is 2.13. The number of pyridine rings is 1. The van der Waals surface area contributed by atoms with E-state index in [9.17, 15) is 0 Å². The predicted molar refractivity (Wildman–Crippen MR) is 67.8 cm³/mol. The van der Waals surface area contributed by atoms with Crippen LogP contribution in [0.2, 0.25) is 0 Å². The third kappa shape index (κ3) is 3.51. The first-order valence-electron chi connectivity index (χ1n) is 5.49. The summed E-state index contributed by atoms with van der Waals surface area (Å²) >= 11 is 1.49. The van der Waals surface area contributed by atoms with Crippen molar-refractivity contribution in [1.82, 2.24) is 20.3 Å². The Bertz CT molecular complexity index is 461. The van der Waals surface area contributed by atoms with Crippen molar-refractivity contribution >= 4 is 11.8 Å². The Morgan fingerprint density at radius 1 is 1.12 bits per heavy atom. The van der Waals surface area contributed by atoms with Crippen LogP contribution in [0.3, 0.4) is 0 Å². The molecule has 0 radical (unpaired) electrons. The maximum absolute atomic E-state index is 4.37. The van der Waals surface area contributed by atoms with Gasteiger partial charge in [0.15, 0.2) is 5.16 Å². The van der Waals surface area contributed by atoms with Crippen molar-refractivity contribution in [2.45, 2.75) is 23.7 Å². The molecule has 0 aromatic carbocycles. The molecule has 0 aliphatic heterocycles. The van der Waals surface area contributed by atoms with Crippen LogP contribution < -0.4 is 5.32 Å². The highest BCUT2D eigenvalue weighted by atomic mass is 32.2. The number of rotatable bonds is 5. The highest BCUT2D eigenvalue weighted by Gasteiger charge is 2.06. The Balaban J connectivity index is 2.15. The van der Waals surface area contributed by atoms with Gasteiger partial charge in [0, 0.05) is 25.1 Å². The van der Waals surface area contributed by atoms with Crippen LogP contribution in [0.1, 0.15) is 12.5 Å². The molecule has 2 rings (SSSR count).